The van der Waals surface area contributed by atoms with Gasteiger partial charge in [0.2, 0.25) is 11.8 Å². The fourth-order valence-electron chi connectivity index (χ4n) is 4.84. The van der Waals surface area contributed by atoms with Gasteiger partial charge < -0.3 is 25.0 Å². The molecule has 2 N–H and O–H groups in total. The summed E-state index contributed by atoms with van der Waals surface area (Å²) in [6.45, 7) is 14.4. The number of rotatable bonds is 11. The Morgan fingerprint density at radius 2 is 1.45 bits per heavy atom. The summed E-state index contributed by atoms with van der Waals surface area (Å²) in [4.78, 5) is 56.2. The summed E-state index contributed by atoms with van der Waals surface area (Å²) in [5.41, 5.74) is 0.875. The molecule has 0 aromatic heterocycles. The minimum absolute atomic E-state index is 0.00749. The molecule has 240 valence electrons. The molecule has 0 bridgehead atoms. The third-order valence-electron chi connectivity index (χ3n) is 7.06. The standard InChI is InChI=1S/C34H47N3O6S/c1-21-14-16-24(17-15-21)28(29(38)35-25(31(40)42-33(3,4)5)19-23-12-10-9-11-13-23)37(27-18-22(27)2)30(39)26(20-44)36-32(41)43-34(6,7)8/h9-17,22,25-28,44H,18-20H2,1-8H3,(H,35,38)(H,36,41). The lowest BCUT2D eigenvalue weighted by molar-refractivity contribution is -0.159. The average molecular weight is 626 g/mol. The molecule has 1 saturated carbocycles. The predicted octanol–water partition coefficient (Wildman–Crippen LogP) is 5.17. The fraction of sp³-hybridized carbons (Fsp3) is 0.529. The maximum atomic E-state index is 14.4. The highest BCUT2D eigenvalue weighted by Crippen LogP contribution is 2.41. The van der Waals surface area contributed by atoms with Crippen molar-refractivity contribution in [3.05, 3.63) is 71.3 Å². The van der Waals surface area contributed by atoms with Crippen molar-refractivity contribution in [2.75, 3.05) is 5.75 Å². The zero-order chi connectivity index (χ0) is 32.8. The van der Waals surface area contributed by atoms with Crippen LogP contribution in [0.5, 0.6) is 0 Å². The van der Waals surface area contributed by atoms with Crippen LogP contribution >= 0.6 is 12.6 Å². The number of carbonyl (C=O) groups is 4. The molecule has 0 heterocycles. The van der Waals surface area contributed by atoms with Crippen LogP contribution in [0.4, 0.5) is 4.79 Å². The number of carbonyl (C=O) groups excluding carboxylic acids is 4. The molecule has 3 amide bonds. The van der Waals surface area contributed by atoms with Crippen molar-refractivity contribution >= 4 is 36.5 Å². The van der Waals surface area contributed by atoms with E-state index >= 15 is 0 Å². The summed E-state index contributed by atoms with van der Waals surface area (Å²) < 4.78 is 11.1. The molecule has 0 saturated heterocycles. The summed E-state index contributed by atoms with van der Waals surface area (Å²) in [5, 5.41) is 5.56. The Labute approximate surface area is 266 Å². The first-order valence-electron chi connectivity index (χ1n) is 15.1. The number of nitrogens with one attached hydrogen (secondary N) is 2. The van der Waals surface area contributed by atoms with Crippen LogP contribution in [-0.4, -0.2) is 63.9 Å². The molecular formula is C34H47N3O6S. The second kappa shape index (κ2) is 14.5. The molecule has 5 unspecified atom stereocenters. The van der Waals surface area contributed by atoms with Crippen molar-refractivity contribution in [3.8, 4) is 0 Å². The van der Waals surface area contributed by atoms with E-state index in [9.17, 15) is 19.2 Å². The molecule has 0 aliphatic heterocycles. The SMILES string of the molecule is Cc1ccc(C(C(=O)NC(Cc2ccccc2)C(=O)OC(C)(C)C)N(C(=O)C(CS)NC(=O)OC(C)(C)C)C2CC2C)cc1. The first-order chi connectivity index (χ1) is 20.5. The molecule has 1 aliphatic carbocycles. The van der Waals surface area contributed by atoms with E-state index in [-0.39, 0.29) is 24.1 Å². The van der Waals surface area contributed by atoms with Gasteiger partial charge in [-0.15, -0.1) is 0 Å². The van der Waals surface area contributed by atoms with Gasteiger partial charge in [-0.1, -0.05) is 67.1 Å². The summed E-state index contributed by atoms with van der Waals surface area (Å²) >= 11 is 4.37. The number of benzene rings is 2. The maximum Gasteiger partial charge on any atom is 0.408 e. The van der Waals surface area contributed by atoms with Gasteiger partial charge in [0.05, 0.1) is 0 Å². The highest BCUT2D eigenvalue weighted by Gasteiger charge is 2.48. The van der Waals surface area contributed by atoms with Crippen LogP contribution in [0.3, 0.4) is 0 Å². The normalized spacial score (nSPS) is 18.3. The lowest BCUT2D eigenvalue weighted by Gasteiger charge is -2.35. The van der Waals surface area contributed by atoms with Crippen molar-refractivity contribution in [1.29, 1.82) is 0 Å². The van der Waals surface area contributed by atoms with Gasteiger partial charge in [-0.2, -0.15) is 12.6 Å². The third-order valence-corrected chi connectivity index (χ3v) is 7.43. The van der Waals surface area contributed by atoms with Gasteiger partial charge in [0.1, 0.15) is 29.3 Å². The van der Waals surface area contributed by atoms with Crippen LogP contribution in [0.15, 0.2) is 54.6 Å². The van der Waals surface area contributed by atoms with Gasteiger partial charge in [0.25, 0.3) is 0 Å². The Morgan fingerprint density at radius 3 is 1.95 bits per heavy atom. The van der Waals surface area contributed by atoms with E-state index in [4.69, 9.17) is 9.47 Å². The quantitative estimate of drug-likeness (QED) is 0.235. The number of amides is 3. The first-order valence-corrected chi connectivity index (χ1v) is 15.7. The number of thiol groups is 1. The number of nitrogens with zero attached hydrogens (tertiary/aromatic N) is 1. The highest BCUT2D eigenvalue weighted by molar-refractivity contribution is 7.80. The first kappa shape index (κ1) is 35.0. The second-order valence-corrected chi connectivity index (χ2v) is 13.9. The molecule has 1 fully saturated rings. The minimum atomic E-state index is -1.08. The van der Waals surface area contributed by atoms with Gasteiger partial charge in [0.15, 0.2) is 0 Å². The molecule has 9 nitrogen and oxygen atoms in total. The predicted molar refractivity (Wildman–Crippen MR) is 173 cm³/mol. The smallest absolute Gasteiger partial charge is 0.408 e. The third kappa shape index (κ3) is 10.3. The molecular weight excluding hydrogens is 578 g/mol. The summed E-state index contributed by atoms with van der Waals surface area (Å²) in [7, 11) is 0. The van der Waals surface area contributed by atoms with Crippen molar-refractivity contribution in [2.24, 2.45) is 5.92 Å². The Morgan fingerprint density at radius 1 is 0.886 bits per heavy atom. The molecule has 0 spiro atoms. The number of alkyl carbamates (subject to hydrolysis) is 1. The molecule has 5 atom stereocenters. The number of aryl methyl sites for hydroxylation is 1. The van der Waals surface area contributed by atoms with Crippen LogP contribution in [0.25, 0.3) is 0 Å². The Hall–Kier alpha value is -3.53. The largest absolute Gasteiger partial charge is 0.458 e. The molecule has 10 heteroatoms. The van der Waals surface area contributed by atoms with E-state index in [0.717, 1.165) is 11.1 Å². The van der Waals surface area contributed by atoms with Gasteiger partial charge >= 0.3 is 12.1 Å². The van der Waals surface area contributed by atoms with Gasteiger partial charge in [-0.25, -0.2) is 9.59 Å². The number of esters is 1. The Kier molecular flexibility index (Phi) is 11.5. The van der Waals surface area contributed by atoms with Gasteiger partial charge in [-0.3, -0.25) is 9.59 Å². The average Bonchev–Trinajstić information content (AvgIpc) is 3.64. The molecule has 2 aromatic rings. The van der Waals surface area contributed by atoms with Gasteiger partial charge in [0, 0.05) is 18.2 Å². The van der Waals surface area contributed by atoms with E-state index in [1.165, 1.54) is 4.90 Å². The van der Waals surface area contributed by atoms with E-state index < -0.39 is 53.2 Å². The van der Waals surface area contributed by atoms with Gasteiger partial charge in [-0.05, 0) is 71.9 Å². The van der Waals surface area contributed by atoms with Crippen molar-refractivity contribution in [2.45, 2.75) is 104 Å². The highest BCUT2D eigenvalue weighted by atomic mass is 32.1. The molecule has 44 heavy (non-hydrogen) atoms. The van der Waals surface area contributed by atoms with Crippen LogP contribution in [-0.2, 0) is 30.3 Å². The molecule has 3 rings (SSSR count). The van der Waals surface area contributed by atoms with Crippen molar-refractivity contribution in [1.82, 2.24) is 15.5 Å². The molecule has 1 aliphatic rings. The molecule has 0 radical (unpaired) electrons. The Bertz CT molecular complexity index is 1300. The monoisotopic (exact) mass is 625 g/mol. The van der Waals surface area contributed by atoms with Crippen LogP contribution in [0, 0.1) is 12.8 Å². The van der Waals surface area contributed by atoms with Crippen LogP contribution in [0.1, 0.15) is 77.6 Å². The zero-order valence-electron chi connectivity index (χ0n) is 27.0. The van der Waals surface area contributed by atoms with E-state index in [0.29, 0.717) is 12.0 Å². The fourth-order valence-corrected chi connectivity index (χ4v) is 5.09. The lowest BCUT2D eigenvalue weighted by Crippen LogP contribution is -2.56. The topological polar surface area (TPSA) is 114 Å². The van der Waals surface area contributed by atoms with Crippen molar-refractivity contribution in [3.63, 3.8) is 0 Å². The van der Waals surface area contributed by atoms with Crippen LogP contribution in [0.2, 0.25) is 0 Å². The summed E-state index contributed by atoms with van der Waals surface area (Å²) in [6, 6.07) is 13.3. The summed E-state index contributed by atoms with van der Waals surface area (Å²) in [5.74, 6) is -1.43. The summed E-state index contributed by atoms with van der Waals surface area (Å²) in [6.07, 6.45) is 0.139. The van der Waals surface area contributed by atoms with Crippen molar-refractivity contribution < 1.29 is 28.7 Å². The van der Waals surface area contributed by atoms with E-state index in [1.54, 1.807) is 41.5 Å². The second-order valence-electron chi connectivity index (χ2n) is 13.5. The van der Waals surface area contributed by atoms with E-state index in [2.05, 4.69) is 23.3 Å². The Balaban J connectivity index is 2.01. The maximum absolute atomic E-state index is 14.4. The zero-order valence-corrected chi connectivity index (χ0v) is 27.9. The van der Waals surface area contributed by atoms with Crippen LogP contribution < -0.4 is 10.6 Å². The number of hydrogen-bond donors (Lipinski definition) is 3. The number of hydrogen-bond acceptors (Lipinski definition) is 7. The lowest BCUT2D eigenvalue weighted by atomic mass is 9.99. The number of ether oxygens (including phenoxy) is 2. The molecule has 2 aromatic carbocycles. The minimum Gasteiger partial charge on any atom is -0.458 e. The van der Waals surface area contributed by atoms with E-state index in [1.807, 2.05) is 68.4 Å².